The van der Waals surface area contributed by atoms with E-state index in [0.717, 1.165) is 0 Å². The first-order valence-electron chi connectivity index (χ1n) is 5.32. The van der Waals surface area contributed by atoms with Crippen LogP contribution in [-0.2, 0) is 0 Å². The summed E-state index contributed by atoms with van der Waals surface area (Å²) in [6.07, 6.45) is 4.42. The molecular weight excluding hydrogens is 266 g/mol. The first-order valence-corrected chi connectivity index (χ1v) is 6.20. The molecule has 0 aliphatic carbocycles. The molecule has 0 atom stereocenters. The van der Waals surface area contributed by atoms with Crippen LogP contribution in [0.1, 0.15) is 10.4 Å². The molecule has 0 saturated carbocycles. The van der Waals surface area contributed by atoms with Crippen molar-refractivity contribution < 1.29 is 9.90 Å². The highest BCUT2D eigenvalue weighted by atomic mass is 32.1. The van der Waals surface area contributed by atoms with Crippen molar-refractivity contribution in [2.45, 2.75) is 0 Å². The molecule has 94 valence electrons. The molecule has 7 heteroatoms. The Bertz CT molecular complexity index is 824. The molecule has 0 fully saturated rings. The van der Waals surface area contributed by atoms with Gasteiger partial charge >= 0.3 is 5.97 Å². The number of pyridine rings is 2. The molecule has 0 aliphatic rings. The minimum absolute atomic E-state index is 0.262. The highest BCUT2D eigenvalue weighted by molar-refractivity contribution is 7.12. The fourth-order valence-corrected chi connectivity index (χ4v) is 2.41. The van der Waals surface area contributed by atoms with Gasteiger partial charge in [0.15, 0.2) is 5.13 Å². The van der Waals surface area contributed by atoms with Gasteiger partial charge < -0.3 is 5.11 Å². The quantitative estimate of drug-likeness (QED) is 0.765. The third kappa shape index (κ3) is 1.80. The Morgan fingerprint density at radius 1 is 1.32 bits per heavy atom. The number of rotatable bonds is 2. The highest BCUT2D eigenvalue weighted by Gasteiger charge is 2.16. The molecule has 0 unspecified atom stereocenters. The predicted molar refractivity (Wildman–Crippen MR) is 70.0 cm³/mol. The van der Waals surface area contributed by atoms with Gasteiger partial charge in [-0.15, -0.1) is 11.3 Å². The molecule has 0 aliphatic heterocycles. The molecule has 19 heavy (non-hydrogen) atoms. The summed E-state index contributed by atoms with van der Waals surface area (Å²) in [6.45, 7) is 0. The molecule has 1 N–H and O–H groups in total. The van der Waals surface area contributed by atoms with E-state index >= 15 is 0 Å². The third-order valence-corrected chi connectivity index (χ3v) is 3.39. The van der Waals surface area contributed by atoms with Crippen molar-refractivity contribution >= 4 is 28.3 Å². The van der Waals surface area contributed by atoms with Crippen molar-refractivity contribution in [1.29, 1.82) is 0 Å². The lowest BCUT2D eigenvalue weighted by Gasteiger charge is -2.07. The zero-order chi connectivity index (χ0) is 13.4. The number of hydrogen-bond acceptors (Lipinski definition) is 5. The minimum Gasteiger partial charge on any atom is -0.477 e. The molecule has 0 aromatic carbocycles. The van der Waals surface area contributed by atoms with Gasteiger partial charge in [-0.2, -0.15) is 0 Å². The summed E-state index contributed by atoms with van der Waals surface area (Å²) in [5.41, 5.74) is -0.438. The molecule has 0 spiro atoms. The van der Waals surface area contributed by atoms with Crippen LogP contribution < -0.4 is 5.43 Å². The van der Waals surface area contributed by atoms with Gasteiger partial charge in [0.05, 0.1) is 5.39 Å². The second-order valence-electron chi connectivity index (χ2n) is 3.74. The van der Waals surface area contributed by atoms with Gasteiger partial charge in [0.2, 0.25) is 5.43 Å². The van der Waals surface area contributed by atoms with E-state index in [1.807, 2.05) is 0 Å². The van der Waals surface area contributed by atoms with E-state index < -0.39 is 11.4 Å². The minimum atomic E-state index is -1.26. The number of aromatic nitrogens is 3. The van der Waals surface area contributed by atoms with E-state index in [0.29, 0.717) is 10.8 Å². The van der Waals surface area contributed by atoms with E-state index in [1.165, 1.54) is 22.1 Å². The smallest absolute Gasteiger partial charge is 0.341 e. The average Bonchev–Trinajstić information content (AvgIpc) is 2.93. The second-order valence-corrected chi connectivity index (χ2v) is 4.61. The lowest BCUT2D eigenvalue weighted by molar-refractivity contribution is 0.0695. The Morgan fingerprint density at radius 3 is 2.84 bits per heavy atom. The topological polar surface area (TPSA) is 85.1 Å². The van der Waals surface area contributed by atoms with E-state index in [4.69, 9.17) is 5.11 Å². The second kappa shape index (κ2) is 4.29. The number of nitrogens with zero attached hydrogens (tertiary/aromatic N) is 3. The van der Waals surface area contributed by atoms with Crippen molar-refractivity contribution in [1.82, 2.24) is 14.5 Å². The maximum Gasteiger partial charge on any atom is 0.341 e. The number of carboxylic acid groups (broad SMARTS) is 1. The third-order valence-electron chi connectivity index (χ3n) is 2.62. The van der Waals surface area contributed by atoms with Crippen molar-refractivity contribution in [2.24, 2.45) is 0 Å². The normalized spacial score (nSPS) is 10.7. The fourth-order valence-electron chi connectivity index (χ4n) is 1.79. The van der Waals surface area contributed by atoms with Crippen LogP contribution in [0.25, 0.3) is 16.2 Å². The summed E-state index contributed by atoms with van der Waals surface area (Å²) in [6, 6.07) is 3.16. The summed E-state index contributed by atoms with van der Waals surface area (Å²) in [5.74, 6) is -1.26. The number of fused-ring (bicyclic) bond motifs is 1. The molecule has 0 saturated heterocycles. The van der Waals surface area contributed by atoms with Crippen molar-refractivity contribution in [3.63, 3.8) is 0 Å². The highest BCUT2D eigenvalue weighted by Crippen LogP contribution is 2.17. The fraction of sp³-hybridized carbons (Fsp3) is 0. The summed E-state index contributed by atoms with van der Waals surface area (Å²) >= 11 is 1.33. The van der Waals surface area contributed by atoms with Crippen LogP contribution in [0.2, 0.25) is 0 Å². The summed E-state index contributed by atoms with van der Waals surface area (Å²) in [5, 5.41) is 11.7. The molecule has 3 aromatic rings. The summed E-state index contributed by atoms with van der Waals surface area (Å²) in [4.78, 5) is 31.4. The van der Waals surface area contributed by atoms with Gasteiger partial charge in [0.25, 0.3) is 0 Å². The Hall–Kier alpha value is -2.54. The molecule has 3 heterocycles. The van der Waals surface area contributed by atoms with Crippen LogP contribution >= 0.6 is 11.3 Å². The summed E-state index contributed by atoms with van der Waals surface area (Å²) in [7, 11) is 0. The lowest BCUT2D eigenvalue weighted by atomic mass is 10.2. The van der Waals surface area contributed by atoms with E-state index in [9.17, 15) is 9.59 Å². The Morgan fingerprint density at radius 2 is 2.16 bits per heavy atom. The lowest BCUT2D eigenvalue weighted by Crippen LogP contribution is -2.18. The van der Waals surface area contributed by atoms with E-state index in [2.05, 4.69) is 9.97 Å². The molecule has 0 bridgehead atoms. The Kier molecular flexibility index (Phi) is 2.60. The molecule has 0 amide bonds. The van der Waals surface area contributed by atoms with Crippen LogP contribution in [0.3, 0.4) is 0 Å². The van der Waals surface area contributed by atoms with Gasteiger partial charge in [-0.3, -0.25) is 9.36 Å². The first kappa shape index (κ1) is 11.5. The largest absolute Gasteiger partial charge is 0.477 e. The van der Waals surface area contributed by atoms with Gasteiger partial charge in [-0.1, -0.05) is 0 Å². The SMILES string of the molecule is O=C(O)c1cn(-c2nccs2)c2ncccc2c1=O. The zero-order valence-electron chi connectivity index (χ0n) is 9.48. The summed E-state index contributed by atoms with van der Waals surface area (Å²) < 4.78 is 1.52. The van der Waals surface area contributed by atoms with Gasteiger partial charge in [-0.25, -0.2) is 14.8 Å². The number of hydrogen-bond donors (Lipinski definition) is 1. The number of carboxylic acids is 1. The first-order chi connectivity index (χ1) is 9.18. The van der Waals surface area contributed by atoms with Crippen molar-refractivity contribution in [2.75, 3.05) is 0 Å². The molecule has 3 rings (SSSR count). The van der Waals surface area contributed by atoms with E-state index in [1.54, 1.807) is 29.9 Å². The maximum atomic E-state index is 12.0. The molecule has 6 nitrogen and oxygen atoms in total. The maximum absolute atomic E-state index is 12.0. The van der Waals surface area contributed by atoms with Crippen LogP contribution in [0.15, 0.2) is 40.9 Å². The van der Waals surface area contributed by atoms with Gasteiger partial charge in [-0.05, 0) is 12.1 Å². The van der Waals surface area contributed by atoms with Crippen LogP contribution in [-0.4, -0.2) is 25.6 Å². The van der Waals surface area contributed by atoms with E-state index in [-0.39, 0.29) is 10.9 Å². The monoisotopic (exact) mass is 273 g/mol. The zero-order valence-corrected chi connectivity index (χ0v) is 10.3. The van der Waals surface area contributed by atoms with Crippen molar-refractivity contribution in [3.05, 3.63) is 51.9 Å². The Labute approximate surface area is 110 Å². The number of carbonyl (C=O) groups is 1. The Balaban J connectivity index is 2.48. The van der Waals surface area contributed by atoms with Gasteiger partial charge in [0, 0.05) is 24.0 Å². The number of aromatic carboxylic acids is 1. The predicted octanol–water partition coefficient (Wildman–Crippen LogP) is 1.54. The van der Waals surface area contributed by atoms with Crippen LogP contribution in [0.4, 0.5) is 0 Å². The van der Waals surface area contributed by atoms with Crippen LogP contribution in [0.5, 0.6) is 0 Å². The number of thiazole rings is 1. The van der Waals surface area contributed by atoms with Gasteiger partial charge in [0.1, 0.15) is 11.2 Å². The molecule has 3 aromatic heterocycles. The standard InChI is InChI=1S/C12H7N3O3S/c16-9-7-2-1-3-13-10(7)15(6-8(9)11(17)18)12-14-4-5-19-12/h1-6H,(H,17,18). The molecular formula is C12H7N3O3S. The molecule has 0 radical (unpaired) electrons. The average molecular weight is 273 g/mol. The van der Waals surface area contributed by atoms with Crippen LogP contribution in [0, 0.1) is 0 Å². The van der Waals surface area contributed by atoms with Crippen molar-refractivity contribution in [3.8, 4) is 5.13 Å².